The van der Waals surface area contributed by atoms with Crippen molar-refractivity contribution in [3.05, 3.63) is 65.0 Å². The number of nitriles is 1. The van der Waals surface area contributed by atoms with Crippen LogP contribution in [0.15, 0.2) is 48.0 Å². The van der Waals surface area contributed by atoms with Gasteiger partial charge >= 0.3 is 0 Å². The Labute approximate surface area is 183 Å². The molecule has 5 nitrogen and oxygen atoms in total. The molecule has 2 heterocycles. The van der Waals surface area contributed by atoms with Crippen molar-refractivity contribution in [1.82, 2.24) is 9.55 Å². The molecule has 1 aliphatic heterocycles. The van der Waals surface area contributed by atoms with Crippen molar-refractivity contribution in [2.24, 2.45) is 7.05 Å². The summed E-state index contributed by atoms with van der Waals surface area (Å²) in [5, 5.41) is 13.8. The predicted octanol–water partition coefficient (Wildman–Crippen LogP) is 5.32. The van der Waals surface area contributed by atoms with Gasteiger partial charge in [-0.2, -0.15) is 5.26 Å². The molecule has 1 N–H and O–H groups in total. The highest BCUT2D eigenvalue weighted by molar-refractivity contribution is 5.83. The van der Waals surface area contributed by atoms with Crippen LogP contribution in [0.3, 0.4) is 0 Å². The monoisotopic (exact) mass is 412 g/mol. The van der Waals surface area contributed by atoms with Gasteiger partial charge in [-0.25, -0.2) is 4.98 Å². The summed E-state index contributed by atoms with van der Waals surface area (Å²) in [6.45, 7) is 2.01. The smallest absolute Gasteiger partial charge is 0.150 e. The van der Waals surface area contributed by atoms with E-state index in [-0.39, 0.29) is 6.23 Å². The number of benzene rings is 2. The van der Waals surface area contributed by atoms with Crippen LogP contribution < -0.4 is 5.32 Å². The van der Waals surface area contributed by atoms with E-state index in [2.05, 4.69) is 40.2 Å². The van der Waals surface area contributed by atoms with Gasteiger partial charge < -0.3 is 14.6 Å². The average Bonchev–Trinajstić information content (AvgIpc) is 3.13. The van der Waals surface area contributed by atoms with Gasteiger partial charge in [-0.15, -0.1) is 0 Å². The van der Waals surface area contributed by atoms with Crippen molar-refractivity contribution in [2.75, 3.05) is 12.4 Å². The Morgan fingerprint density at radius 3 is 2.81 bits per heavy atom. The molecule has 0 fully saturated rings. The van der Waals surface area contributed by atoms with Crippen LogP contribution >= 0.6 is 0 Å². The number of ether oxygens (including phenoxy) is 1. The molecule has 2 aliphatic rings. The summed E-state index contributed by atoms with van der Waals surface area (Å²) >= 11 is 0. The fourth-order valence-electron chi connectivity index (χ4n) is 5.10. The quantitative estimate of drug-likeness (QED) is 0.630. The molecular formula is C26H28N4O. The first-order chi connectivity index (χ1) is 15.0. The third-order valence-corrected chi connectivity index (χ3v) is 6.97. The van der Waals surface area contributed by atoms with Crippen LogP contribution in [0.1, 0.15) is 49.6 Å². The number of nitrogens with zero attached hydrogens (tertiary/aromatic N) is 3. The Kier molecular flexibility index (Phi) is 4.83. The Morgan fingerprint density at radius 1 is 1.23 bits per heavy atom. The van der Waals surface area contributed by atoms with Crippen LogP contribution in [0.2, 0.25) is 0 Å². The molecule has 158 valence electrons. The summed E-state index contributed by atoms with van der Waals surface area (Å²) < 4.78 is 7.87. The lowest BCUT2D eigenvalue weighted by Gasteiger charge is -2.35. The van der Waals surface area contributed by atoms with Crippen LogP contribution in [-0.2, 0) is 23.6 Å². The van der Waals surface area contributed by atoms with Crippen molar-refractivity contribution in [3.63, 3.8) is 0 Å². The molecule has 0 saturated heterocycles. The lowest BCUT2D eigenvalue weighted by Crippen LogP contribution is -2.31. The van der Waals surface area contributed by atoms with Crippen LogP contribution in [-0.4, -0.2) is 22.9 Å². The molecule has 5 heteroatoms. The lowest BCUT2D eigenvalue weighted by molar-refractivity contribution is 0.149. The Balaban J connectivity index is 1.54. The van der Waals surface area contributed by atoms with Crippen molar-refractivity contribution in [2.45, 2.75) is 50.7 Å². The second-order valence-electron chi connectivity index (χ2n) is 8.93. The lowest BCUT2D eigenvalue weighted by atomic mass is 9.77. The second-order valence-corrected chi connectivity index (χ2v) is 8.93. The van der Waals surface area contributed by atoms with Crippen LogP contribution in [0.4, 0.5) is 5.69 Å². The maximum absolute atomic E-state index is 10.2. The third kappa shape index (κ3) is 3.23. The minimum atomic E-state index is -0.685. The zero-order chi connectivity index (χ0) is 21.6. The van der Waals surface area contributed by atoms with E-state index in [9.17, 15) is 5.26 Å². The number of imidazole rings is 1. The summed E-state index contributed by atoms with van der Waals surface area (Å²) in [5.41, 5.74) is 7.51. The number of hydrogen-bond donors (Lipinski definition) is 1. The first-order valence-electron chi connectivity index (χ1n) is 11.0. The first-order valence-corrected chi connectivity index (χ1v) is 11.0. The van der Waals surface area contributed by atoms with E-state index in [1.807, 2.05) is 32.2 Å². The number of allylic oxidation sites excluding steroid dienone is 1. The first kappa shape index (κ1) is 19.8. The van der Waals surface area contributed by atoms with Crippen molar-refractivity contribution < 1.29 is 4.74 Å². The molecule has 3 aromatic rings. The van der Waals surface area contributed by atoms with Crippen LogP contribution in [0.5, 0.6) is 0 Å². The molecule has 1 aromatic heterocycles. The van der Waals surface area contributed by atoms with E-state index in [4.69, 9.17) is 9.72 Å². The average molecular weight is 413 g/mol. The largest absolute Gasteiger partial charge is 0.358 e. The Bertz CT molecular complexity index is 1230. The predicted molar refractivity (Wildman–Crippen MR) is 124 cm³/mol. The molecule has 0 amide bonds. The molecule has 2 atom stereocenters. The Morgan fingerprint density at radius 2 is 2.03 bits per heavy atom. The van der Waals surface area contributed by atoms with Gasteiger partial charge in [0.15, 0.2) is 0 Å². The maximum Gasteiger partial charge on any atom is 0.150 e. The molecule has 31 heavy (non-hydrogen) atoms. The van der Waals surface area contributed by atoms with Gasteiger partial charge in [0.05, 0.1) is 22.5 Å². The van der Waals surface area contributed by atoms with Gasteiger partial charge in [0.25, 0.3) is 0 Å². The van der Waals surface area contributed by atoms with Gasteiger partial charge in [0, 0.05) is 31.8 Å². The van der Waals surface area contributed by atoms with E-state index in [0.29, 0.717) is 6.42 Å². The number of fused-ring (bicyclic) bond motifs is 3. The fourth-order valence-corrected chi connectivity index (χ4v) is 5.10. The molecule has 0 bridgehead atoms. The SMILES string of the molecule is COC1Nc2cc(C(C)(C#N)Cc3nc4ccccc4n3C)ccc2C2=C1CCCC2. The van der Waals surface area contributed by atoms with Gasteiger partial charge in [0.1, 0.15) is 12.1 Å². The molecular weight excluding hydrogens is 384 g/mol. The van der Waals surface area contributed by atoms with Crippen molar-refractivity contribution in [1.29, 1.82) is 5.26 Å². The standard InChI is InChI=1S/C26H28N4O/c1-26(16-27,15-24-28-21-10-6-7-11-23(21)30(24)2)17-12-13-19-18-8-4-5-9-20(18)25(31-3)29-22(19)14-17/h6-7,10-14,25,29H,4-5,8-9,15H2,1-3H3. The van der Waals surface area contributed by atoms with E-state index >= 15 is 0 Å². The summed E-state index contributed by atoms with van der Waals surface area (Å²) in [7, 11) is 3.79. The zero-order valence-electron chi connectivity index (χ0n) is 18.4. The van der Waals surface area contributed by atoms with Crippen molar-refractivity contribution >= 4 is 22.3 Å². The number of anilines is 1. The highest BCUT2D eigenvalue weighted by atomic mass is 16.5. The topological polar surface area (TPSA) is 62.9 Å². The van der Waals surface area contributed by atoms with E-state index < -0.39 is 5.41 Å². The number of aromatic nitrogens is 2. The molecule has 1 aliphatic carbocycles. The summed E-state index contributed by atoms with van der Waals surface area (Å²) in [4.78, 5) is 4.81. The van der Waals surface area contributed by atoms with Crippen LogP contribution in [0, 0.1) is 11.3 Å². The Hall–Kier alpha value is -3.10. The third-order valence-electron chi connectivity index (χ3n) is 6.97. The van der Waals surface area contributed by atoms with E-state index in [1.165, 1.54) is 29.6 Å². The maximum atomic E-state index is 10.2. The zero-order valence-corrected chi connectivity index (χ0v) is 18.4. The van der Waals surface area contributed by atoms with E-state index in [1.54, 1.807) is 7.11 Å². The van der Waals surface area contributed by atoms with Gasteiger partial charge in [0.2, 0.25) is 0 Å². The highest BCUT2D eigenvalue weighted by Crippen LogP contribution is 2.43. The van der Waals surface area contributed by atoms with E-state index in [0.717, 1.165) is 41.0 Å². The number of aryl methyl sites for hydroxylation is 1. The van der Waals surface area contributed by atoms with Crippen LogP contribution in [0.25, 0.3) is 16.6 Å². The number of nitrogens with one attached hydrogen (secondary N) is 1. The molecule has 2 aromatic carbocycles. The number of para-hydroxylation sites is 2. The fraction of sp³-hybridized carbons (Fsp3) is 0.385. The molecule has 0 saturated carbocycles. The highest BCUT2D eigenvalue weighted by Gasteiger charge is 2.33. The van der Waals surface area contributed by atoms with Gasteiger partial charge in [-0.3, -0.25) is 0 Å². The van der Waals surface area contributed by atoms with Gasteiger partial charge in [-0.1, -0.05) is 24.3 Å². The van der Waals surface area contributed by atoms with Gasteiger partial charge in [-0.05, 0) is 67.5 Å². The normalized spacial score (nSPS) is 19.9. The number of methoxy groups -OCH3 is 1. The number of rotatable bonds is 4. The molecule has 2 unspecified atom stereocenters. The number of hydrogen-bond acceptors (Lipinski definition) is 4. The summed E-state index contributed by atoms with van der Waals surface area (Å²) in [6.07, 6.45) is 5.10. The minimum Gasteiger partial charge on any atom is -0.358 e. The minimum absolute atomic E-state index is 0.0776. The molecule has 0 spiro atoms. The second kappa shape index (κ2) is 7.55. The molecule has 5 rings (SSSR count). The summed E-state index contributed by atoms with van der Waals surface area (Å²) in [5.74, 6) is 0.919. The molecule has 0 radical (unpaired) electrons. The summed E-state index contributed by atoms with van der Waals surface area (Å²) in [6, 6.07) is 17.1. The van der Waals surface area contributed by atoms with Crippen molar-refractivity contribution in [3.8, 4) is 6.07 Å².